The Morgan fingerprint density at radius 3 is 2.83 bits per heavy atom. The molecule has 1 aliphatic heterocycles. The standard InChI is InChI=1S/C20H24Cl2N4O3S/c1-23-19(27)14-7-16(30-12-14)9-25-20(28)24-8-15-11-26(4-5-29-15)10-13-2-3-17(21)18(22)6-13/h2-3,6-7,12,15H,4-5,8-11H2,1H3,(H,23,27)(H2,24,25,28)/t15-/m0/s1. The summed E-state index contributed by atoms with van der Waals surface area (Å²) in [6.45, 7) is 3.65. The van der Waals surface area contributed by atoms with Crippen molar-refractivity contribution < 1.29 is 14.3 Å². The lowest BCUT2D eigenvalue weighted by Gasteiger charge is -2.33. The predicted octanol–water partition coefficient (Wildman–Crippen LogP) is 3.11. The van der Waals surface area contributed by atoms with Crippen LogP contribution in [0.4, 0.5) is 4.79 Å². The Morgan fingerprint density at radius 1 is 1.23 bits per heavy atom. The lowest BCUT2D eigenvalue weighted by atomic mass is 10.2. The van der Waals surface area contributed by atoms with E-state index in [4.69, 9.17) is 27.9 Å². The fourth-order valence-corrected chi connectivity index (χ4v) is 4.24. The van der Waals surface area contributed by atoms with Gasteiger partial charge in [-0.3, -0.25) is 9.69 Å². The third-order valence-corrected chi connectivity index (χ3v) is 6.35. The number of ether oxygens (including phenoxy) is 1. The molecule has 1 fully saturated rings. The van der Waals surface area contributed by atoms with Gasteiger partial charge in [0.05, 0.1) is 34.9 Å². The maximum atomic E-state index is 12.1. The Kier molecular flexibility index (Phi) is 8.35. The minimum absolute atomic E-state index is 0.0890. The van der Waals surface area contributed by atoms with Crippen molar-refractivity contribution >= 4 is 46.5 Å². The van der Waals surface area contributed by atoms with Gasteiger partial charge in [0.2, 0.25) is 0 Å². The number of halogens is 2. The largest absolute Gasteiger partial charge is 0.374 e. The molecule has 0 radical (unpaired) electrons. The lowest BCUT2D eigenvalue weighted by molar-refractivity contribution is -0.0287. The summed E-state index contributed by atoms with van der Waals surface area (Å²) in [4.78, 5) is 26.9. The molecule has 10 heteroatoms. The molecular weight excluding hydrogens is 447 g/mol. The highest BCUT2D eigenvalue weighted by Gasteiger charge is 2.21. The number of hydrogen-bond acceptors (Lipinski definition) is 5. The van der Waals surface area contributed by atoms with Crippen molar-refractivity contribution in [1.29, 1.82) is 0 Å². The predicted molar refractivity (Wildman–Crippen MR) is 119 cm³/mol. The van der Waals surface area contributed by atoms with E-state index >= 15 is 0 Å². The first-order chi connectivity index (χ1) is 14.4. The SMILES string of the molecule is CNC(=O)c1csc(CNC(=O)NC[C@H]2CN(Cc3ccc(Cl)c(Cl)c3)CCO2)c1. The van der Waals surface area contributed by atoms with E-state index < -0.39 is 0 Å². The Bertz CT molecular complexity index is 893. The van der Waals surface area contributed by atoms with Gasteiger partial charge in [-0.25, -0.2) is 4.79 Å². The molecule has 162 valence electrons. The van der Waals surface area contributed by atoms with Gasteiger partial charge in [-0.1, -0.05) is 29.3 Å². The molecule has 1 aliphatic rings. The van der Waals surface area contributed by atoms with Crippen molar-refractivity contribution in [3.63, 3.8) is 0 Å². The van der Waals surface area contributed by atoms with E-state index in [-0.39, 0.29) is 18.0 Å². The number of urea groups is 1. The molecule has 0 saturated carbocycles. The van der Waals surface area contributed by atoms with Crippen LogP contribution >= 0.6 is 34.5 Å². The molecule has 7 nitrogen and oxygen atoms in total. The molecular formula is C20H24Cl2N4O3S. The van der Waals surface area contributed by atoms with Crippen molar-refractivity contribution in [3.05, 3.63) is 55.7 Å². The van der Waals surface area contributed by atoms with Gasteiger partial charge >= 0.3 is 6.03 Å². The van der Waals surface area contributed by atoms with Crippen LogP contribution in [0.1, 0.15) is 20.8 Å². The van der Waals surface area contributed by atoms with Gasteiger partial charge in [-0.05, 0) is 23.8 Å². The van der Waals surface area contributed by atoms with E-state index in [0.29, 0.717) is 41.8 Å². The van der Waals surface area contributed by atoms with Crippen LogP contribution in [0.3, 0.4) is 0 Å². The molecule has 1 aromatic heterocycles. The number of nitrogens with zero attached hydrogens (tertiary/aromatic N) is 1. The highest BCUT2D eigenvalue weighted by molar-refractivity contribution is 7.10. The van der Waals surface area contributed by atoms with Gasteiger partial charge in [0.1, 0.15) is 0 Å². The molecule has 30 heavy (non-hydrogen) atoms. The molecule has 0 aliphatic carbocycles. The number of morpholine rings is 1. The summed E-state index contributed by atoms with van der Waals surface area (Å²) < 4.78 is 5.77. The Hall–Kier alpha value is -1.84. The quantitative estimate of drug-likeness (QED) is 0.580. The van der Waals surface area contributed by atoms with Gasteiger partial charge in [0, 0.05) is 43.5 Å². The maximum absolute atomic E-state index is 12.1. The van der Waals surface area contributed by atoms with E-state index in [1.54, 1.807) is 24.6 Å². The number of thiophene rings is 1. The summed E-state index contributed by atoms with van der Waals surface area (Å²) in [6.07, 6.45) is -0.0890. The van der Waals surface area contributed by atoms with Crippen molar-refractivity contribution in [2.45, 2.75) is 19.2 Å². The monoisotopic (exact) mass is 470 g/mol. The Balaban J connectivity index is 1.40. The molecule has 1 saturated heterocycles. The fraction of sp³-hybridized carbons (Fsp3) is 0.400. The third-order valence-electron chi connectivity index (χ3n) is 4.67. The average molecular weight is 471 g/mol. The molecule has 3 rings (SSSR count). The third kappa shape index (κ3) is 6.58. The van der Waals surface area contributed by atoms with E-state index in [9.17, 15) is 9.59 Å². The normalized spacial score (nSPS) is 16.8. The molecule has 2 aromatic rings. The zero-order valence-corrected chi connectivity index (χ0v) is 18.9. The Morgan fingerprint density at radius 2 is 2.07 bits per heavy atom. The average Bonchev–Trinajstić information content (AvgIpc) is 3.22. The number of nitrogens with one attached hydrogen (secondary N) is 3. The number of amides is 3. The smallest absolute Gasteiger partial charge is 0.315 e. The van der Waals surface area contributed by atoms with Gasteiger partial charge in [0.15, 0.2) is 0 Å². The topological polar surface area (TPSA) is 82.7 Å². The molecule has 2 heterocycles. The van der Waals surface area contributed by atoms with Gasteiger partial charge in [-0.2, -0.15) is 0 Å². The van der Waals surface area contributed by atoms with E-state index in [0.717, 1.165) is 23.5 Å². The van der Waals surface area contributed by atoms with Crippen LogP contribution < -0.4 is 16.0 Å². The molecule has 3 N–H and O–H groups in total. The minimum atomic E-state index is -0.268. The summed E-state index contributed by atoms with van der Waals surface area (Å²) >= 11 is 13.5. The number of carbonyl (C=O) groups is 2. The number of carbonyl (C=O) groups excluding carboxylic acids is 2. The van der Waals surface area contributed by atoms with Gasteiger partial charge in [0.25, 0.3) is 5.91 Å². The van der Waals surface area contributed by atoms with Crippen LogP contribution in [0, 0.1) is 0 Å². The second kappa shape index (κ2) is 11.0. The summed E-state index contributed by atoms with van der Waals surface area (Å²) in [5.74, 6) is -0.137. The van der Waals surface area contributed by atoms with E-state index in [1.165, 1.54) is 11.3 Å². The molecule has 0 bridgehead atoms. The minimum Gasteiger partial charge on any atom is -0.374 e. The van der Waals surface area contributed by atoms with Crippen LogP contribution in [0.2, 0.25) is 10.0 Å². The first-order valence-corrected chi connectivity index (χ1v) is 11.2. The number of benzene rings is 1. The van der Waals surface area contributed by atoms with Crippen molar-refractivity contribution in [3.8, 4) is 0 Å². The van der Waals surface area contributed by atoms with Crippen molar-refractivity contribution in [2.75, 3.05) is 33.3 Å². The van der Waals surface area contributed by atoms with E-state index in [1.807, 2.05) is 12.1 Å². The summed E-state index contributed by atoms with van der Waals surface area (Å²) in [6, 6.07) is 7.14. The number of hydrogen-bond donors (Lipinski definition) is 3. The zero-order chi connectivity index (χ0) is 21.5. The molecule has 0 unspecified atom stereocenters. The highest BCUT2D eigenvalue weighted by Crippen LogP contribution is 2.23. The fourth-order valence-electron chi connectivity index (χ4n) is 3.12. The van der Waals surface area contributed by atoms with Crippen LogP contribution in [0.15, 0.2) is 29.6 Å². The molecule has 0 spiro atoms. The summed E-state index contributed by atoms with van der Waals surface area (Å²) in [5, 5.41) is 11.1. The van der Waals surface area contributed by atoms with Crippen LogP contribution in [0.5, 0.6) is 0 Å². The van der Waals surface area contributed by atoms with Crippen LogP contribution in [-0.4, -0.2) is 56.2 Å². The first-order valence-electron chi connectivity index (χ1n) is 9.53. The second-order valence-electron chi connectivity index (χ2n) is 6.92. The highest BCUT2D eigenvalue weighted by atomic mass is 35.5. The van der Waals surface area contributed by atoms with Gasteiger partial charge < -0.3 is 20.7 Å². The lowest BCUT2D eigenvalue weighted by Crippen LogP contribution is -2.48. The van der Waals surface area contributed by atoms with Crippen LogP contribution in [-0.2, 0) is 17.8 Å². The van der Waals surface area contributed by atoms with E-state index in [2.05, 4.69) is 20.9 Å². The van der Waals surface area contributed by atoms with Crippen molar-refractivity contribution in [1.82, 2.24) is 20.9 Å². The van der Waals surface area contributed by atoms with Crippen LogP contribution in [0.25, 0.3) is 0 Å². The summed E-state index contributed by atoms with van der Waals surface area (Å²) in [5.41, 5.74) is 1.68. The Labute approximate surface area is 189 Å². The molecule has 1 atom stereocenters. The molecule has 3 amide bonds. The maximum Gasteiger partial charge on any atom is 0.315 e. The number of rotatable bonds is 7. The van der Waals surface area contributed by atoms with Crippen molar-refractivity contribution in [2.24, 2.45) is 0 Å². The summed E-state index contributed by atoms with van der Waals surface area (Å²) in [7, 11) is 1.59. The first kappa shape index (κ1) is 22.8. The zero-order valence-electron chi connectivity index (χ0n) is 16.5. The van der Waals surface area contributed by atoms with Gasteiger partial charge in [-0.15, -0.1) is 11.3 Å². The second-order valence-corrected chi connectivity index (χ2v) is 8.73. The molecule has 1 aromatic carbocycles.